The molecule has 0 atom stereocenters. The number of anilines is 1. The number of nitrogens with one attached hydrogen (secondary N) is 1. The Morgan fingerprint density at radius 1 is 1.25 bits per heavy atom. The third-order valence-electron chi connectivity index (χ3n) is 3.11. The third-order valence-corrected chi connectivity index (χ3v) is 3.32. The van der Waals surface area contributed by atoms with E-state index in [1.807, 2.05) is 30.3 Å². The van der Waals surface area contributed by atoms with Crippen LogP contribution in [0.3, 0.4) is 0 Å². The van der Waals surface area contributed by atoms with Gasteiger partial charge in [0.2, 0.25) is 0 Å². The monoisotopic (exact) mass is 343 g/mol. The van der Waals surface area contributed by atoms with E-state index >= 15 is 0 Å². The standard InChI is InChI=1S/C16H14ClN5O2/c1-11-7-15(22(21-11)14-8-13(17)18-10-19-14)20-16(23)24-9-12-5-3-2-4-6-12/h2-8,10H,9H2,1H3,(H,20,23). The normalized spacial score (nSPS) is 10.4. The van der Waals surface area contributed by atoms with E-state index in [0.717, 1.165) is 5.56 Å². The van der Waals surface area contributed by atoms with Crippen LogP contribution < -0.4 is 5.32 Å². The zero-order valence-corrected chi connectivity index (χ0v) is 13.6. The number of aryl methyl sites for hydroxylation is 1. The van der Waals surface area contributed by atoms with E-state index in [1.54, 1.807) is 19.1 Å². The second-order valence-electron chi connectivity index (χ2n) is 4.97. The van der Waals surface area contributed by atoms with Gasteiger partial charge in [-0.15, -0.1) is 0 Å². The van der Waals surface area contributed by atoms with Crippen molar-refractivity contribution in [3.63, 3.8) is 0 Å². The molecule has 0 aliphatic heterocycles. The lowest BCUT2D eigenvalue weighted by molar-refractivity contribution is 0.155. The Balaban J connectivity index is 1.72. The molecule has 1 N–H and O–H groups in total. The minimum Gasteiger partial charge on any atom is -0.444 e. The highest BCUT2D eigenvalue weighted by atomic mass is 35.5. The summed E-state index contributed by atoms with van der Waals surface area (Å²) >= 11 is 5.87. The van der Waals surface area contributed by atoms with E-state index in [1.165, 1.54) is 11.0 Å². The molecule has 3 rings (SSSR count). The predicted octanol–water partition coefficient (Wildman–Crippen LogP) is 3.37. The fraction of sp³-hybridized carbons (Fsp3) is 0.125. The van der Waals surface area contributed by atoms with Gasteiger partial charge >= 0.3 is 6.09 Å². The third kappa shape index (κ3) is 3.88. The van der Waals surface area contributed by atoms with E-state index in [2.05, 4.69) is 20.4 Å². The molecule has 0 saturated carbocycles. The van der Waals surface area contributed by atoms with Crippen LogP contribution in [-0.4, -0.2) is 25.8 Å². The van der Waals surface area contributed by atoms with Gasteiger partial charge in [0.15, 0.2) is 5.82 Å². The Bertz CT molecular complexity index is 851. The number of aromatic nitrogens is 4. The number of hydrogen-bond donors (Lipinski definition) is 1. The summed E-state index contributed by atoms with van der Waals surface area (Å²) in [6.45, 7) is 1.99. The lowest BCUT2D eigenvalue weighted by Crippen LogP contribution is -2.16. The van der Waals surface area contributed by atoms with Crippen molar-refractivity contribution >= 4 is 23.5 Å². The molecule has 24 heavy (non-hydrogen) atoms. The highest BCUT2D eigenvalue weighted by Crippen LogP contribution is 2.17. The van der Waals surface area contributed by atoms with Crippen LogP contribution in [0.5, 0.6) is 0 Å². The van der Waals surface area contributed by atoms with Gasteiger partial charge in [0.1, 0.15) is 23.9 Å². The average Bonchev–Trinajstić information content (AvgIpc) is 2.94. The summed E-state index contributed by atoms with van der Waals surface area (Å²) in [4.78, 5) is 19.9. The lowest BCUT2D eigenvalue weighted by Gasteiger charge is -2.09. The first-order valence-electron chi connectivity index (χ1n) is 7.14. The predicted molar refractivity (Wildman–Crippen MR) is 89.2 cm³/mol. The zero-order valence-electron chi connectivity index (χ0n) is 12.8. The Kier molecular flexibility index (Phi) is 4.72. The fourth-order valence-corrected chi connectivity index (χ4v) is 2.21. The molecule has 122 valence electrons. The van der Waals surface area contributed by atoms with Crippen LogP contribution in [0.25, 0.3) is 5.82 Å². The summed E-state index contributed by atoms with van der Waals surface area (Å²) in [5, 5.41) is 7.23. The summed E-state index contributed by atoms with van der Waals surface area (Å²) in [5.74, 6) is 0.877. The zero-order chi connectivity index (χ0) is 16.9. The van der Waals surface area contributed by atoms with Crippen LogP contribution >= 0.6 is 11.6 Å². The highest BCUT2D eigenvalue weighted by Gasteiger charge is 2.13. The molecule has 0 spiro atoms. The maximum absolute atomic E-state index is 12.0. The maximum atomic E-state index is 12.0. The first-order chi connectivity index (χ1) is 11.6. The molecule has 0 saturated heterocycles. The van der Waals surface area contributed by atoms with Crippen LogP contribution in [0.1, 0.15) is 11.3 Å². The molecule has 0 aliphatic rings. The summed E-state index contributed by atoms with van der Waals surface area (Å²) < 4.78 is 6.67. The van der Waals surface area contributed by atoms with Gasteiger partial charge in [-0.05, 0) is 12.5 Å². The number of ether oxygens (including phenoxy) is 1. The van der Waals surface area contributed by atoms with Crippen molar-refractivity contribution in [1.82, 2.24) is 19.7 Å². The van der Waals surface area contributed by atoms with E-state index in [4.69, 9.17) is 16.3 Å². The molecule has 0 unspecified atom stereocenters. The molecule has 2 heterocycles. The Hall–Kier alpha value is -2.93. The van der Waals surface area contributed by atoms with E-state index < -0.39 is 6.09 Å². The van der Waals surface area contributed by atoms with Crippen molar-refractivity contribution in [2.24, 2.45) is 0 Å². The van der Waals surface area contributed by atoms with Gasteiger partial charge in [-0.1, -0.05) is 41.9 Å². The fourth-order valence-electron chi connectivity index (χ4n) is 2.07. The molecule has 2 aromatic heterocycles. The Morgan fingerprint density at radius 2 is 2.04 bits per heavy atom. The number of carbonyl (C=O) groups is 1. The molecule has 1 aromatic carbocycles. The molecule has 7 nitrogen and oxygen atoms in total. The van der Waals surface area contributed by atoms with Gasteiger partial charge in [-0.2, -0.15) is 9.78 Å². The molecule has 3 aromatic rings. The quantitative estimate of drug-likeness (QED) is 0.734. The molecule has 0 aliphatic carbocycles. The number of rotatable bonds is 4. The van der Waals surface area contributed by atoms with Crippen LogP contribution in [0.2, 0.25) is 5.15 Å². The molecular formula is C16H14ClN5O2. The van der Waals surface area contributed by atoms with Gasteiger partial charge in [0.05, 0.1) is 5.69 Å². The smallest absolute Gasteiger partial charge is 0.413 e. The molecule has 1 amide bonds. The van der Waals surface area contributed by atoms with Crippen molar-refractivity contribution in [2.45, 2.75) is 13.5 Å². The molecular weight excluding hydrogens is 330 g/mol. The molecule has 0 radical (unpaired) electrons. The van der Waals surface area contributed by atoms with Crippen LogP contribution in [0.4, 0.5) is 10.6 Å². The molecule has 0 fully saturated rings. The summed E-state index contributed by atoms with van der Waals surface area (Å²) in [5.41, 5.74) is 1.61. The number of benzene rings is 1. The highest BCUT2D eigenvalue weighted by molar-refractivity contribution is 6.29. The first-order valence-corrected chi connectivity index (χ1v) is 7.52. The van der Waals surface area contributed by atoms with Crippen molar-refractivity contribution in [3.05, 3.63) is 65.2 Å². The van der Waals surface area contributed by atoms with E-state index in [-0.39, 0.29) is 11.8 Å². The van der Waals surface area contributed by atoms with Crippen molar-refractivity contribution in [2.75, 3.05) is 5.32 Å². The summed E-state index contributed by atoms with van der Waals surface area (Å²) in [7, 11) is 0. The number of carbonyl (C=O) groups excluding carboxylic acids is 1. The largest absolute Gasteiger partial charge is 0.444 e. The second kappa shape index (κ2) is 7.10. The maximum Gasteiger partial charge on any atom is 0.413 e. The van der Waals surface area contributed by atoms with Gasteiger partial charge in [0.25, 0.3) is 0 Å². The number of nitrogens with zero attached hydrogens (tertiary/aromatic N) is 4. The minimum absolute atomic E-state index is 0.180. The van der Waals surface area contributed by atoms with Crippen molar-refractivity contribution in [1.29, 1.82) is 0 Å². The Morgan fingerprint density at radius 3 is 2.79 bits per heavy atom. The number of amides is 1. The van der Waals surface area contributed by atoms with E-state index in [0.29, 0.717) is 17.3 Å². The Labute approximate surface area is 143 Å². The SMILES string of the molecule is Cc1cc(NC(=O)OCc2ccccc2)n(-c2cc(Cl)ncn2)n1. The summed E-state index contributed by atoms with van der Waals surface area (Å²) in [6, 6.07) is 12.7. The lowest BCUT2D eigenvalue weighted by atomic mass is 10.2. The van der Waals surface area contributed by atoms with Gasteiger partial charge in [0, 0.05) is 12.1 Å². The van der Waals surface area contributed by atoms with Crippen molar-refractivity contribution in [3.8, 4) is 5.82 Å². The second-order valence-corrected chi connectivity index (χ2v) is 5.36. The number of hydrogen-bond acceptors (Lipinski definition) is 5. The van der Waals surface area contributed by atoms with Gasteiger partial charge < -0.3 is 4.74 Å². The minimum atomic E-state index is -0.583. The first kappa shape index (κ1) is 15.9. The van der Waals surface area contributed by atoms with Gasteiger partial charge in [-0.3, -0.25) is 5.32 Å². The summed E-state index contributed by atoms with van der Waals surface area (Å²) in [6.07, 6.45) is 0.742. The molecule has 8 heteroatoms. The van der Waals surface area contributed by atoms with Crippen molar-refractivity contribution < 1.29 is 9.53 Å². The average molecular weight is 344 g/mol. The van der Waals surface area contributed by atoms with Crippen LogP contribution in [-0.2, 0) is 11.3 Å². The van der Waals surface area contributed by atoms with Gasteiger partial charge in [-0.25, -0.2) is 14.8 Å². The van der Waals surface area contributed by atoms with Crippen LogP contribution in [0.15, 0.2) is 48.8 Å². The number of halogens is 1. The molecule has 0 bridgehead atoms. The topological polar surface area (TPSA) is 81.9 Å². The van der Waals surface area contributed by atoms with E-state index in [9.17, 15) is 4.79 Å². The van der Waals surface area contributed by atoms with Crippen LogP contribution in [0, 0.1) is 6.92 Å².